The van der Waals surface area contributed by atoms with Crippen molar-refractivity contribution < 1.29 is 0 Å². The van der Waals surface area contributed by atoms with Gasteiger partial charge in [-0.15, -0.1) is 0 Å². The lowest BCUT2D eigenvalue weighted by molar-refractivity contribution is 0.252. The first kappa shape index (κ1) is 13.3. The quantitative estimate of drug-likeness (QED) is 0.883. The van der Waals surface area contributed by atoms with Gasteiger partial charge in [-0.2, -0.15) is 0 Å². The van der Waals surface area contributed by atoms with Crippen molar-refractivity contribution in [1.29, 1.82) is 0 Å². The molecule has 2 N–H and O–H groups in total. The highest BCUT2D eigenvalue weighted by molar-refractivity contribution is 5.48. The molecule has 0 spiro atoms. The molecule has 4 nitrogen and oxygen atoms in total. The van der Waals surface area contributed by atoms with Gasteiger partial charge in [0.1, 0.15) is 5.82 Å². The normalized spacial score (nSPS) is 19.8. The van der Waals surface area contributed by atoms with Gasteiger partial charge >= 0.3 is 0 Å². The van der Waals surface area contributed by atoms with Crippen molar-refractivity contribution in [1.82, 2.24) is 9.88 Å². The van der Waals surface area contributed by atoms with Crippen molar-refractivity contribution in [3.05, 3.63) is 23.9 Å². The summed E-state index contributed by atoms with van der Waals surface area (Å²) >= 11 is 0. The Hall–Kier alpha value is -1.13. The van der Waals surface area contributed by atoms with E-state index >= 15 is 0 Å². The number of likely N-dealkylation sites (tertiary alicyclic amines) is 1. The summed E-state index contributed by atoms with van der Waals surface area (Å²) in [6.07, 6.45) is 4.25. The number of rotatable bonds is 3. The van der Waals surface area contributed by atoms with Crippen molar-refractivity contribution in [2.24, 2.45) is 5.73 Å². The third kappa shape index (κ3) is 2.82. The fourth-order valence-corrected chi connectivity index (χ4v) is 2.61. The van der Waals surface area contributed by atoms with Gasteiger partial charge in [0.05, 0.1) is 0 Å². The van der Waals surface area contributed by atoms with E-state index in [4.69, 9.17) is 5.73 Å². The second-order valence-electron chi connectivity index (χ2n) is 5.35. The monoisotopic (exact) mass is 248 g/mol. The molecule has 0 bridgehead atoms. The average molecular weight is 248 g/mol. The molecule has 0 radical (unpaired) electrons. The van der Waals surface area contributed by atoms with Crippen LogP contribution in [0.4, 0.5) is 5.82 Å². The first-order valence-corrected chi connectivity index (χ1v) is 6.71. The van der Waals surface area contributed by atoms with Gasteiger partial charge in [-0.3, -0.25) is 0 Å². The summed E-state index contributed by atoms with van der Waals surface area (Å²) in [5, 5.41) is 0. The minimum Gasteiger partial charge on any atom is -0.356 e. The highest BCUT2D eigenvalue weighted by Gasteiger charge is 2.23. The third-order valence-corrected chi connectivity index (χ3v) is 3.88. The Morgan fingerprint density at radius 1 is 1.44 bits per heavy atom. The lowest BCUT2D eigenvalue weighted by Crippen LogP contribution is -2.42. The molecule has 0 saturated carbocycles. The van der Waals surface area contributed by atoms with E-state index < -0.39 is 0 Å². The van der Waals surface area contributed by atoms with Crippen LogP contribution in [-0.2, 0) is 0 Å². The molecule has 2 heterocycles. The van der Waals surface area contributed by atoms with Crippen molar-refractivity contribution in [3.8, 4) is 0 Å². The lowest BCUT2D eigenvalue weighted by Gasteiger charge is -2.36. The van der Waals surface area contributed by atoms with Crippen molar-refractivity contribution in [3.63, 3.8) is 0 Å². The second-order valence-corrected chi connectivity index (χ2v) is 5.35. The molecule has 18 heavy (non-hydrogen) atoms. The molecule has 1 aromatic heterocycles. The molecule has 1 saturated heterocycles. The highest BCUT2D eigenvalue weighted by Crippen LogP contribution is 2.26. The molecular formula is C14H24N4. The van der Waals surface area contributed by atoms with E-state index in [0.29, 0.717) is 6.04 Å². The number of hydrogen-bond donors (Lipinski definition) is 1. The van der Waals surface area contributed by atoms with E-state index in [2.05, 4.69) is 34.9 Å². The van der Waals surface area contributed by atoms with Gasteiger partial charge < -0.3 is 15.5 Å². The van der Waals surface area contributed by atoms with Crippen molar-refractivity contribution in [2.75, 3.05) is 32.1 Å². The van der Waals surface area contributed by atoms with Crippen LogP contribution in [0.15, 0.2) is 18.3 Å². The predicted octanol–water partition coefficient (Wildman–Crippen LogP) is 1.63. The predicted molar refractivity (Wildman–Crippen MR) is 75.8 cm³/mol. The molecule has 1 aliphatic heterocycles. The molecule has 1 unspecified atom stereocenters. The average Bonchev–Trinajstić information content (AvgIpc) is 2.39. The summed E-state index contributed by atoms with van der Waals surface area (Å²) in [5.74, 6) is 1.04. The molecule has 1 fully saturated rings. The minimum absolute atomic E-state index is 0.0300. The molecule has 2 rings (SSSR count). The number of piperidine rings is 1. The zero-order valence-corrected chi connectivity index (χ0v) is 11.6. The van der Waals surface area contributed by atoms with Gasteiger partial charge in [-0.1, -0.05) is 6.07 Å². The van der Waals surface area contributed by atoms with E-state index in [0.717, 1.165) is 24.5 Å². The zero-order chi connectivity index (χ0) is 13.1. The number of anilines is 1. The second kappa shape index (κ2) is 5.67. The van der Waals surface area contributed by atoms with Crippen LogP contribution in [0.2, 0.25) is 0 Å². The molecule has 0 amide bonds. The standard InChI is InChI=1S/C14H24N4/c1-11(15)13-5-4-8-16-14(13)18(3)12-6-9-17(2)10-7-12/h4-5,8,11-12H,6-7,9-10,15H2,1-3H3. The lowest BCUT2D eigenvalue weighted by atomic mass is 10.0. The van der Waals surface area contributed by atoms with E-state index in [-0.39, 0.29) is 6.04 Å². The zero-order valence-electron chi connectivity index (χ0n) is 11.6. The van der Waals surface area contributed by atoms with E-state index in [9.17, 15) is 0 Å². The number of pyridine rings is 1. The van der Waals surface area contributed by atoms with Crippen LogP contribution in [0.5, 0.6) is 0 Å². The maximum Gasteiger partial charge on any atom is 0.133 e. The van der Waals surface area contributed by atoms with Crippen molar-refractivity contribution >= 4 is 5.82 Å². The van der Waals surface area contributed by atoms with Crippen LogP contribution >= 0.6 is 0 Å². The molecule has 1 atom stereocenters. The summed E-state index contributed by atoms with van der Waals surface area (Å²) in [6, 6.07) is 4.65. The number of nitrogens with two attached hydrogens (primary N) is 1. The fourth-order valence-electron chi connectivity index (χ4n) is 2.61. The fraction of sp³-hybridized carbons (Fsp3) is 0.643. The number of hydrogen-bond acceptors (Lipinski definition) is 4. The van der Waals surface area contributed by atoms with Gasteiger partial charge in [0.25, 0.3) is 0 Å². The Morgan fingerprint density at radius 2 is 2.11 bits per heavy atom. The first-order valence-electron chi connectivity index (χ1n) is 6.71. The summed E-state index contributed by atoms with van der Waals surface area (Å²) < 4.78 is 0. The van der Waals surface area contributed by atoms with Crippen molar-refractivity contribution in [2.45, 2.75) is 31.8 Å². The van der Waals surface area contributed by atoms with Crippen LogP contribution in [0.1, 0.15) is 31.4 Å². The molecule has 4 heteroatoms. The van der Waals surface area contributed by atoms with E-state index in [1.54, 1.807) is 0 Å². The molecule has 0 aliphatic carbocycles. The van der Waals surface area contributed by atoms with E-state index in [1.807, 2.05) is 19.2 Å². The van der Waals surface area contributed by atoms with E-state index in [1.165, 1.54) is 12.8 Å². The Balaban J connectivity index is 2.15. The van der Waals surface area contributed by atoms with Gasteiger partial charge in [-0.05, 0) is 46.0 Å². The van der Waals surface area contributed by atoms with Crippen LogP contribution in [-0.4, -0.2) is 43.1 Å². The van der Waals surface area contributed by atoms with Crippen LogP contribution in [0.25, 0.3) is 0 Å². The van der Waals surface area contributed by atoms with Crippen LogP contribution < -0.4 is 10.6 Å². The van der Waals surface area contributed by atoms with Crippen LogP contribution in [0.3, 0.4) is 0 Å². The maximum atomic E-state index is 6.03. The Labute approximate surface area is 110 Å². The summed E-state index contributed by atoms with van der Waals surface area (Å²) in [6.45, 7) is 4.34. The minimum atomic E-state index is 0.0300. The Bertz CT molecular complexity index is 383. The van der Waals surface area contributed by atoms with Gasteiger partial charge in [0.15, 0.2) is 0 Å². The topological polar surface area (TPSA) is 45.4 Å². The highest BCUT2D eigenvalue weighted by atomic mass is 15.2. The smallest absolute Gasteiger partial charge is 0.133 e. The molecule has 0 aromatic carbocycles. The van der Waals surface area contributed by atoms with Gasteiger partial charge in [0, 0.05) is 30.9 Å². The molecule has 100 valence electrons. The summed E-state index contributed by atoms with van der Waals surface area (Å²) in [5.41, 5.74) is 7.17. The van der Waals surface area contributed by atoms with Crippen LogP contribution in [0, 0.1) is 0 Å². The molecule has 1 aliphatic rings. The largest absolute Gasteiger partial charge is 0.356 e. The first-order chi connectivity index (χ1) is 8.59. The SMILES string of the molecule is CC(N)c1cccnc1N(C)C1CCN(C)CC1. The summed E-state index contributed by atoms with van der Waals surface area (Å²) in [4.78, 5) is 9.22. The maximum absolute atomic E-state index is 6.03. The molecular weight excluding hydrogens is 224 g/mol. The summed E-state index contributed by atoms with van der Waals surface area (Å²) in [7, 11) is 4.33. The van der Waals surface area contributed by atoms with Gasteiger partial charge in [-0.25, -0.2) is 4.98 Å². The van der Waals surface area contributed by atoms with Gasteiger partial charge in [0.2, 0.25) is 0 Å². The third-order valence-electron chi connectivity index (χ3n) is 3.88. The molecule has 1 aromatic rings. The number of nitrogens with zero attached hydrogens (tertiary/aromatic N) is 3. The Kier molecular flexibility index (Phi) is 4.19. The number of aromatic nitrogens is 1. The Morgan fingerprint density at radius 3 is 2.72 bits per heavy atom.